The molecule has 0 bridgehead atoms. The standard InChI is InChI=1S/C57H84O9Si/c1-40(34-41(2)53(65-39-60-13)44(5)51(58)45(6)54(63-37-46-24-18-15-19-25-46)42(3)35-64-55(59)56(7,8)9)52(62-38-47-30-32-48(61-14)33-31-47)43(4)36-66-67(57(10,11)12,49-26-20-16-21-27-49)50-28-22-17-23-29-50/h15-33,40-45,51-54,58H,34-39H2,1-14H3/t40-,41-,42+,43+,44+,45-,51+,52?,53-,54+/m0/s1. The van der Waals surface area contributed by atoms with E-state index < -0.39 is 25.9 Å². The van der Waals surface area contributed by atoms with Crippen LogP contribution in [0.3, 0.4) is 0 Å². The van der Waals surface area contributed by atoms with Gasteiger partial charge in [-0.15, -0.1) is 0 Å². The maximum absolute atomic E-state index is 12.8. The molecule has 4 rings (SSSR count). The van der Waals surface area contributed by atoms with E-state index in [-0.39, 0.29) is 72.1 Å². The van der Waals surface area contributed by atoms with Crippen molar-refractivity contribution in [3.63, 3.8) is 0 Å². The summed E-state index contributed by atoms with van der Waals surface area (Å²) < 4.78 is 44.4. The van der Waals surface area contributed by atoms with Crippen molar-refractivity contribution in [1.29, 1.82) is 0 Å². The number of esters is 1. The van der Waals surface area contributed by atoms with Gasteiger partial charge in [0.2, 0.25) is 0 Å². The highest BCUT2D eigenvalue weighted by Gasteiger charge is 2.50. The van der Waals surface area contributed by atoms with Gasteiger partial charge in [0.05, 0.1) is 56.8 Å². The highest BCUT2D eigenvalue weighted by atomic mass is 28.4. The van der Waals surface area contributed by atoms with Gasteiger partial charge in [-0.1, -0.05) is 165 Å². The Morgan fingerprint density at radius 2 is 1.01 bits per heavy atom. The Hall–Kier alpha value is -3.87. The van der Waals surface area contributed by atoms with E-state index in [9.17, 15) is 9.90 Å². The van der Waals surface area contributed by atoms with Gasteiger partial charge in [-0.25, -0.2) is 0 Å². The molecule has 0 radical (unpaired) electrons. The van der Waals surface area contributed by atoms with Crippen LogP contribution in [0, 0.1) is 40.9 Å². The van der Waals surface area contributed by atoms with Gasteiger partial charge in [0.1, 0.15) is 12.5 Å². The monoisotopic (exact) mass is 941 g/mol. The minimum atomic E-state index is -2.82. The molecule has 4 aromatic rings. The van der Waals surface area contributed by atoms with E-state index in [2.05, 4.69) is 121 Å². The molecule has 0 spiro atoms. The van der Waals surface area contributed by atoms with Crippen LogP contribution >= 0.6 is 0 Å². The van der Waals surface area contributed by atoms with E-state index in [1.165, 1.54) is 10.4 Å². The molecule has 0 amide bonds. The van der Waals surface area contributed by atoms with E-state index in [0.29, 0.717) is 19.8 Å². The number of aliphatic hydroxyl groups is 1. The fourth-order valence-corrected chi connectivity index (χ4v) is 14.4. The molecule has 4 aromatic carbocycles. The molecule has 0 fully saturated rings. The lowest BCUT2D eigenvalue weighted by atomic mass is 9.77. The third kappa shape index (κ3) is 15.6. The molecule has 10 atom stereocenters. The van der Waals surface area contributed by atoms with E-state index in [0.717, 1.165) is 23.3 Å². The number of benzene rings is 4. The summed E-state index contributed by atoms with van der Waals surface area (Å²) in [7, 11) is 0.476. The molecule has 0 saturated heterocycles. The maximum Gasteiger partial charge on any atom is 0.311 e. The second kappa shape index (κ2) is 26.2. The fraction of sp³-hybridized carbons (Fsp3) is 0.561. The summed E-state index contributed by atoms with van der Waals surface area (Å²) in [6, 6.07) is 39.6. The van der Waals surface area contributed by atoms with Gasteiger partial charge in [-0.2, -0.15) is 0 Å². The average molecular weight is 941 g/mol. The number of methoxy groups -OCH3 is 2. The Morgan fingerprint density at radius 3 is 1.49 bits per heavy atom. The first kappa shape index (κ1) is 55.7. The number of carbonyl (C=O) groups excluding carboxylic acids is 1. The van der Waals surface area contributed by atoms with Crippen LogP contribution in [0.25, 0.3) is 0 Å². The van der Waals surface area contributed by atoms with Crippen LogP contribution in [0.1, 0.15) is 101 Å². The number of rotatable bonds is 27. The first-order chi connectivity index (χ1) is 31.7. The molecule has 0 aromatic heterocycles. The predicted molar refractivity (Wildman–Crippen MR) is 273 cm³/mol. The van der Waals surface area contributed by atoms with Gasteiger partial charge in [0.25, 0.3) is 8.32 Å². The molecule has 0 aliphatic carbocycles. The number of hydrogen-bond acceptors (Lipinski definition) is 9. The van der Waals surface area contributed by atoms with E-state index in [4.69, 9.17) is 32.8 Å². The quantitative estimate of drug-likeness (QED) is 0.0356. The summed E-state index contributed by atoms with van der Waals surface area (Å²) in [5, 5.41) is 14.7. The Kier molecular flexibility index (Phi) is 21.8. The summed E-state index contributed by atoms with van der Waals surface area (Å²) >= 11 is 0. The van der Waals surface area contributed by atoms with Gasteiger partial charge in [-0.3, -0.25) is 4.79 Å². The number of hydrogen-bond donors (Lipinski definition) is 1. The van der Waals surface area contributed by atoms with Gasteiger partial charge >= 0.3 is 5.97 Å². The third-order valence-corrected chi connectivity index (χ3v) is 18.4. The fourth-order valence-electron chi connectivity index (χ4n) is 9.74. The van der Waals surface area contributed by atoms with Crippen molar-refractivity contribution in [2.75, 3.05) is 34.2 Å². The summed E-state index contributed by atoms with van der Waals surface area (Å²) in [5.41, 5.74) is 1.46. The maximum atomic E-state index is 12.8. The molecule has 10 heteroatoms. The SMILES string of the molecule is COCO[C@H]([C@H](C)[C@@H](O)[C@H](C)[C@H](OCc1ccccc1)[C@H](C)COC(=O)C(C)(C)C)[C@@H](C)C[C@H](C)C(OCc1ccc(OC)cc1)[C@H](C)CO[Si](c1ccccc1)(c1ccccc1)C(C)(C)C. The Labute approximate surface area is 405 Å². The summed E-state index contributed by atoms with van der Waals surface area (Å²) in [4.78, 5) is 12.8. The summed E-state index contributed by atoms with van der Waals surface area (Å²) in [5.74, 6) is -0.232. The van der Waals surface area contributed by atoms with Gasteiger partial charge in [0.15, 0.2) is 0 Å². The molecule has 370 valence electrons. The second-order valence-corrected chi connectivity index (χ2v) is 25.4. The molecule has 67 heavy (non-hydrogen) atoms. The van der Waals surface area contributed by atoms with Crippen molar-refractivity contribution in [3.05, 3.63) is 126 Å². The van der Waals surface area contributed by atoms with Crippen LogP contribution < -0.4 is 15.1 Å². The topological polar surface area (TPSA) is 102 Å². The Bertz CT molecular complexity index is 1940. The van der Waals surface area contributed by atoms with E-state index in [1.807, 2.05) is 77.1 Å². The molecule has 9 nitrogen and oxygen atoms in total. The lowest BCUT2D eigenvalue weighted by Gasteiger charge is -2.44. The number of ether oxygens (including phenoxy) is 6. The third-order valence-electron chi connectivity index (χ3n) is 13.4. The van der Waals surface area contributed by atoms with Crippen LogP contribution in [-0.2, 0) is 46.1 Å². The zero-order valence-corrected chi connectivity index (χ0v) is 44.2. The minimum absolute atomic E-state index is 0.00673. The molecule has 0 heterocycles. The van der Waals surface area contributed by atoms with Crippen molar-refractivity contribution >= 4 is 24.7 Å². The smallest absolute Gasteiger partial charge is 0.311 e. The van der Waals surface area contributed by atoms with Crippen LogP contribution in [-0.4, -0.2) is 78.0 Å². The molecule has 1 N–H and O–H groups in total. The largest absolute Gasteiger partial charge is 0.497 e. The average Bonchev–Trinajstić information content (AvgIpc) is 3.31. The van der Waals surface area contributed by atoms with Crippen molar-refractivity contribution in [2.45, 2.75) is 132 Å². The normalized spacial score (nSPS) is 17.0. The lowest BCUT2D eigenvalue weighted by Crippen LogP contribution is -2.67. The van der Waals surface area contributed by atoms with Crippen LogP contribution in [0.4, 0.5) is 0 Å². The zero-order valence-electron chi connectivity index (χ0n) is 43.2. The first-order valence-corrected chi connectivity index (χ1v) is 26.3. The Balaban J connectivity index is 1.62. The number of aliphatic hydroxyl groups excluding tert-OH is 1. The molecule has 1 unspecified atom stereocenters. The van der Waals surface area contributed by atoms with Crippen LogP contribution in [0.15, 0.2) is 115 Å². The van der Waals surface area contributed by atoms with Crippen molar-refractivity contribution in [2.24, 2.45) is 40.9 Å². The predicted octanol–water partition coefficient (Wildman–Crippen LogP) is 10.9. The molecule has 0 saturated carbocycles. The van der Waals surface area contributed by atoms with Crippen molar-refractivity contribution < 1.29 is 42.7 Å². The summed E-state index contributed by atoms with van der Waals surface area (Å²) in [6.07, 6.45) is -1.03. The van der Waals surface area contributed by atoms with Crippen LogP contribution in [0.2, 0.25) is 5.04 Å². The lowest BCUT2D eigenvalue weighted by molar-refractivity contribution is -0.161. The van der Waals surface area contributed by atoms with Crippen LogP contribution in [0.5, 0.6) is 5.75 Å². The molecular formula is C57H84O9Si. The highest BCUT2D eigenvalue weighted by molar-refractivity contribution is 6.99. The molecule has 0 aliphatic heterocycles. The van der Waals surface area contributed by atoms with E-state index >= 15 is 0 Å². The summed E-state index contributed by atoms with van der Waals surface area (Å²) in [6.45, 7) is 26.8. The minimum Gasteiger partial charge on any atom is -0.497 e. The highest BCUT2D eigenvalue weighted by Crippen LogP contribution is 2.39. The molecule has 0 aliphatic rings. The van der Waals surface area contributed by atoms with Crippen molar-refractivity contribution in [1.82, 2.24) is 0 Å². The Morgan fingerprint density at radius 1 is 0.567 bits per heavy atom. The first-order valence-electron chi connectivity index (χ1n) is 24.4. The number of carbonyl (C=O) groups is 1. The van der Waals surface area contributed by atoms with E-state index in [1.54, 1.807) is 14.2 Å². The molecular weight excluding hydrogens is 857 g/mol. The van der Waals surface area contributed by atoms with Gasteiger partial charge in [0, 0.05) is 37.4 Å². The van der Waals surface area contributed by atoms with Gasteiger partial charge in [-0.05, 0) is 77.7 Å². The second-order valence-electron chi connectivity index (χ2n) is 21.1. The van der Waals surface area contributed by atoms with Crippen molar-refractivity contribution in [3.8, 4) is 5.75 Å². The zero-order chi connectivity index (χ0) is 49.4. The van der Waals surface area contributed by atoms with Gasteiger partial charge < -0.3 is 38.0 Å².